The Hall–Kier alpha value is -1.30. The van der Waals surface area contributed by atoms with Gasteiger partial charge in [0.05, 0.1) is 0 Å². The number of carbonyl (C=O) groups is 1. The van der Waals surface area contributed by atoms with Crippen molar-refractivity contribution in [2.45, 2.75) is 44.9 Å². The summed E-state index contributed by atoms with van der Waals surface area (Å²) in [5, 5.41) is 15.0. The molecule has 0 aromatic heterocycles. The number of nitrogens with one attached hydrogen (secondary N) is 1. The summed E-state index contributed by atoms with van der Waals surface area (Å²) < 4.78 is 0. The molecule has 6 heteroatoms. The summed E-state index contributed by atoms with van der Waals surface area (Å²) in [7, 11) is 0. The Morgan fingerprint density at radius 3 is 2.60 bits per heavy atom. The summed E-state index contributed by atoms with van der Waals surface area (Å²) in [6.07, 6.45) is 6.95. The summed E-state index contributed by atoms with van der Waals surface area (Å²) in [5.41, 5.74) is 5.72. The van der Waals surface area contributed by atoms with E-state index in [1.165, 1.54) is 6.42 Å². The molecule has 4 N–H and O–H groups in total. The summed E-state index contributed by atoms with van der Waals surface area (Å²) in [4.78, 5) is 14.0. The lowest BCUT2D eigenvalue weighted by Crippen LogP contribution is -2.37. The number of rotatable bonds is 7. The first kappa shape index (κ1) is 15.1. The van der Waals surface area contributed by atoms with Gasteiger partial charge in [-0.2, -0.15) is 0 Å². The molecule has 0 bridgehead atoms. The van der Waals surface area contributed by atoms with Crippen molar-refractivity contribution in [1.82, 2.24) is 10.2 Å². The van der Waals surface area contributed by atoms with Gasteiger partial charge in [0.2, 0.25) is 5.91 Å². The van der Waals surface area contributed by atoms with Gasteiger partial charge in [0.15, 0.2) is 0 Å². The van der Waals surface area contributed by atoms with Gasteiger partial charge in [-0.15, -0.1) is 0 Å². The minimum atomic E-state index is 0.157. The molecule has 0 spiro atoms. The largest absolute Gasteiger partial charge is 0.409 e. The first-order chi connectivity index (χ1) is 9.65. The number of carbonyl (C=O) groups excluding carboxylic acids is 1. The van der Waals surface area contributed by atoms with E-state index in [-0.39, 0.29) is 11.3 Å². The van der Waals surface area contributed by atoms with Gasteiger partial charge in [0.25, 0.3) is 0 Å². The maximum atomic E-state index is 12.0. The second-order valence-electron chi connectivity index (χ2n) is 6.14. The van der Waals surface area contributed by atoms with E-state index in [9.17, 15) is 4.79 Å². The van der Waals surface area contributed by atoms with Crippen molar-refractivity contribution in [1.29, 1.82) is 0 Å². The number of hydrogen-bond acceptors (Lipinski definition) is 4. The number of hydrogen-bond donors (Lipinski definition) is 3. The number of amidine groups is 1. The Morgan fingerprint density at radius 2 is 2.00 bits per heavy atom. The van der Waals surface area contributed by atoms with Crippen LogP contribution in [0.25, 0.3) is 0 Å². The Balaban J connectivity index is 1.60. The van der Waals surface area contributed by atoms with Crippen molar-refractivity contribution >= 4 is 11.7 Å². The van der Waals surface area contributed by atoms with Crippen LogP contribution < -0.4 is 11.1 Å². The molecule has 0 aromatic carbocycles. The summed E-state index contributed by atoms with van der Waals surface area (Å²) >= 11 is 0. The van der Waals surface area contributed by atoms with Gasteiger partial charge in [-0.25, -0.2) is 0 Å². The van der Waals surface area contributed by atoms with E-state index >= 15 is 0 Å². The fraction of sp³-hybridized carbons (Fsp3) is 0.857. The van der Waals surface area contributed by atoms with E-state index in [0.717, 1.165) is 45.3 Å². The minimum absolute atomic E-state index is 0.157. The quantitative estimate of drug-likeness (QED) is 0.213. The van der Waals surface area contributed by atoms with E-state index in [0.29, 0.717) is 25.2 Å². The molecule has 114 valence electrons. The SMILES string of the molecule is NC(CC1(CNCCC(=O)N2CCCCC2)CC1)=NO. The van der Waals surface area contributed by atoms with E-state index in [1.807, 2.05) is 4.90 Å². The highest BCUT2D eigenvalue weighted by atomic mass is 16.4. The van der Waals surface area contributed by atoms with E-state index in [4.69, 9.17) is 10.9 Å². The van der Waals surface area contributed by atoms with Crippen LogP contribution in [0.3, 0.4) is 0 Å². The third-order valence-corrected chi connectivity index (χ3v) is 4.37. The monoisotopic (exact) mass is 282 g/mol. The summed E-state index contributed by atoms with van der Waals surface area (Å²) in [6, 6.07) is 0. The molecule has 2 fully saturated rings. The van der Waals surface area contributed by atoms with Crippen LogP contribution in [-0.4, -0.2) is 48.0 Å². The number of nitrogens with two attached hydrogens (primary N) is 1. The van der Waals surface area contributed by atoms with Gasteiger partial charge in [-0.3, -0.25) is 4.79 Å². The van der Waals surface area contributed by atoms with Gasteiger partial charge >= 0.3 is 0 Å². The van der Waals surface area contributed by atoms with Crippen molar-refractivity contribution in [2.75, 3.05) is 26.2 Å². The number of piperidine rings is 1. The van der Waals surface area contributed by atoms with Crippen LogP contribution in [0, 0.1) is 5.41 Å². The van der Waals surface area contributed by atoms with E-state index in [1.54, 1.807) is 0 Å². The highest BCUT2D eigenvalue weighted by molar-refractivity contribution is 5.80. The molecule has 1 aliphatic carbocycles. The van der Waals surface area contributed by atoms with Crippen molar-refractivity contribution in [2.24, 2.45) is 16.3 Å². The molecule has 2 rings (SSSR count). The Kier molecular flexibility index (Phi) is 5.23. The van der Waals surface area contributed by atoms with Crippen molar-refractivity contribution in [3.63, 3.8) is 0 Å². The van der Waals surface area contributed by atoms with Crippen LogP contribution in [0.1, 0.15) is 44.9 Å². The molecule has 1 heterocycles. The fourth-order valence-corrected chi connectivity index (χ4v) is 2.86. The van der Waals surface area contributed by atoms with Crippen LogP contribution in [0.15, 0.2) is 5.16 Å². The zero-order valence-electron chi connectivity index (χ0n) is 12.1. The molecule has 0 unspecified atom stereocenters. The average Bonchev–Trinajstić information content (AvgIpc) is 3.24. The third kappa shape index (κ3) is 4.37. The van der Waals surface area contributed by atoms with Crippen LogP contribution in [-0.2, 0) is 4.79 Å². The van der Waals surface area contributed by atoms with Gasteiger partial charge < -0.3 is 21.2 Å². The lowest BCUT2D eigenvalue weighted by atomic mass is 10.0. The molecule has 1 saturated heterocycles. The van der Waals surface area contributed by atoms with Gasteiger partial charge in [-0.1, -0.05) is 5.16 Å². The van der Waals surface area contributed by atoms with Gasteiger partial charge in [-0.05, 0) is 37.5 Å². The topological polar surface area (TPSA) is 91.0 Å². The normalized spacial score (nSPS) is 21.8. The number of nitrogens with zero attached hydrogens (tertiary/aromatic N) is 2. The third-order valence-electron chi connectivity index (χ3n) is 4.37. The Morgan fingerprint density at radius 1 is 1.30 bits per heavy atom. The molecule has 0 atom stereocenters. The number of likely N-dealkylation sites (tertiary alicyclic amines) is 1. The van der Waals surface area contributed by atoms with Crippen LogP contribution in [0.2, 0.25) is 0 Å². The van der Waals surface area contributed by atoms with E-state index < -0.39 is 0 Å². The van der Waals surface area contributed by atoms with Crippen LogP contribution in [0.5, 0.6) is 0 Å². The summed E-state index contributed by atoms with van der Waals surface area (Å²) in [6.45, 7) is 3.41. The smallest absolute Gasteiger partial charge is 0.223 e. The van der Waals surface area contributed by atoms with Crippen molar-refractivity contribution in [3.05, 3.63) is 0 Å². The molecule has 0 radical (unpaired) electrons. The summed E-state index contributed by atoms with van der Waals surface area (Å²) in [5.74, 6) is 0.562. The standard InChI is InChI=1S/C14H26N4O2/c15-12(17-20)10-14(5-6-14)11-16-7-4-13(19)18-8-2-1-3-9-18/h16,20H,1-11H2,(H2,15,17). The minimum Gasteiger partial charge on any atom is -0.409 e. The van der Waals surface area contributed by atoms with Crippen LogP contribution >= 0.6 is 0 Å². The van der Waals surface area contributed by atoms with Gasteiger partial charge in [0.1, 0.15) is 5.84 Å². The molecule has 1 amide bonds. The van der Waals surface area contributed by atoms with Crippen LogP contribution in [0.4, 0.5) is 0 Å². The molecule has 1 saturated carbocycles. The fourth-order valence-electron chi connectivity index (χ4n) is 2.86. The molecule has 2 aliphatic rings. The maximum absolute atomic E-state index is 12.0. The molecule has 6 nitrogen and oxygen atoms in total. The first-order valence-corrected chi connectivity index (χ1v) is 7.60. The molecular weight excluding hydrogens is 256 g/mol. The van der Waals surface area contributed by atoms with Crippen molar-refractivity contribution in [3.8, 4) is 0 Å². The first-order valence-electron chi connectivity index (χ1n) is 7.60. The zero-order chi connectivity index (χ0) is 14.4. The number of oxime groups is 1. The highest BCUT2D eigenvalue weighted by Gasteiger charge is 2.42. The van der Waals surface area contributed by atoms with Crippen molar-refractivity contribution < 1.29 is 10.0 Å². The second kappa shape index (κ2) is 6.92. The molecular formula is C14H26N4O2. The zero-order valence-corrected chi connectivity index (χ0v) is 12.1. The number of amides is 1. The predicted molar refractivity (Wildman–Crippen MR) is 77.6 cm³/mol. The lowest BCUT2D eigenvalue weighted by Gasteiger charge is -2.26. The maximum Gasteiger partial charge on any atom is 0.223 e. The Labute approximate surface area is 120 Å². The second-order valence-corrected chi connectivity index (χ2v) is 6.14. The highest BCUT2D eigenvalue weighted by Crippen LogP contribution is 2.48. The average molecular weight is 282 g/mol. The predicted octanol–water partition coefficient (Wildman–Crippen LogP) is 0.895. The molecule has 1 aliphatic heterocycles. The van der Waals surface area contributed by atoms with Gasteiger partial charge in [0, 0.05) is 39.0 Å². The Bertz CT molecular complexity index is 360. The lowest BCUT2D eigenvalue weighted by molar-refractivity contribution is -0.131. The van der Waals surface area contributed by atoms with E-state index in [2.05, 4.69) is 10.5 Å². The molecule has 0 aromatic rings. The molecule has 20 heavy (non-hydrogen) atoms.